The fourth-order valence-corrected chi connectivity index (χ4v) is 3.28. The molecule has 0 bridgehead atoms. The number of hydrogen-bond donors (Lipinski definition) is 3. The van der Waals surface area contributed by atoms with Crippen molar-refractivity contribution < 1.29 is 4.79 Å². The molecule has 4 N–H and O–H groups in total. The van der Waals surface area contributed by atoms with Gasteiger partial charge in [-0.15, -0.1) is 24.0 Å². The van der Waals surface area contributed by atoms with Crippen molar-refractivity contribution in [2.45, 2.75) is 39.2 Å². The number of carbonyl (C=O) groups excluding carboxylic acids is 1. The molecule has 150 valence electrons. The van der Waals surface area contributed by atoms with E-state index in [1.54, 1.807) is 0 Å². The molecule has 3 rings (SSSR count). The summed E-state index contributed by atoms with van der Waals surface area (Å²) in [6.07, 6.45) is 6.04. The van der Waals surface area contributed by atoms with E-state index < -0.39 is 0 Å². The van der Waals surface area contributed by atoms with Gasteiger partial charge in [-0.25, -0.2) is 9.98 Å². The molecule has 27 heavy (non-hydrogen) atoms. The molecule has 0 atom stereocenters. The minimum absolute atomic E-state index is 0. The molecule has 1 saturated heterocycles. The number of nitrogens with two attached hydrogens (primary N) is 1. The van der Waals surface area contributed by atoms with Crippen LogP contribution in [0, 0.1) is 11.8 Å². The first-order valence-corrected chi connectivity index (χ1v) is 9.67. The van der Waals surface area contributed by atoms with Gasteiger partial charge in [-0.2, -0.15) is 0 Å². The molecule has 2 aliphatic rings. The monoisotopic (exact) mass is 486 g/mol. The zero-order valence-electron chi connectivity index (χ0n) is 16.0. The molecular weight excluding hydrogens is 455 g/mol. The van der Waals surface area contributed by atoms with Gasteiger partial charge in [0.15, 0.2) is 5.96 Å². The summed E-state index contributed by atoms with van der Waals surface area (Å²) in [5.74, 6) is 2.44. The van der Waals surface area contributed by atoms with Crippen LogP contribution in [0.4, 0.5) is 5.82 Å². The van der Waals surface area contributed by atoms with Crippen LogP contribution in [0.15, 0.2) is 23.3 Å². The number of aromatic nitrogens is 1. The zero-order chi connectivity index (χ0) is 18.4. The van der Waals surface area contributed by atoms with Crippen LogP contribution in [0.2, 0.25) is 0 Å². The Morgan fingerprint density at radius 3 is 2.67 bits per heavy atom. The smallest absolute Gasteiger partial charge is 0.220 e. The summed E-state index contributed by atoms with van der Waals surface area (Å²) in [5, 5.41) is 6.73. The van der Waals surface area contributed by atoms with Crippen molar-refractivity contribution >= 4 is 41.7 Å². The maximum absolute atomic E-state index is 11.4. The Hall–Kier alpha value is -1.58. The van der Waals surface area contributed by atoms with Crippen LogP contribution < -0.4 is 21.3 Å². The number of nitrogens with zero attached hydrogens (tertiary/aromatic N) is 3. The van der Waals surface area contributed by atoms with Gasteiger partial charge in [-0.3, -0.25) is 4.79 Å². The largest absolute Gasteiger partial charge is 0.369 e. The van der Waals surface area contributed by atoms with Crippen molar-refractivity contribution in [2.24, 2.45) is 22.6 Å². The number of rotatable bonds is 7. The number of anilines is 1. The Labute approximate surface area is 178 Å². The third-order valence-electron chi connectivity index (χ3n) is 5.07. The van der Waals surface area contributed by atoms with Gasteiger partial charge in [0.05, 0.1) is 6.54 Å². The first kappa shape index (κ1) is 21.7. The molecular formula is C19H31IN6O. The predicted molar refractivity (Wildman–Crippen MR) is 119 cm³/mol. The van der Waals surface area contributed by atoms with Crippen LogP contribution in [0.25, 0.3) is 0 Å². The van der Waals surface area contributed by atoms with Crippen molar-refractivity contribution in [2.75, 3.05) is 31.1 Å². The molecule has 1 aromatic heterocycles. The van der Waals surface area contributed by atoms with E-state index in [1.165, 1.54) is 12.8 Å². The van der Waals surface area contributed by atoms with Gasteiger partial charge in [0.2, 0.25) is 5.91 Å². The van der Waals surface area contributed by atoms with E-state index in [9.17, 15) is 4.79 Å². The Kier molecular flexibility index (Phi) is 8.59. The van der Waals surface area contributed by atoms with Crippen LogP contribution in [-0.4, -0.2) is 43.0 Å². The lowest BCUT2D eigenvalue weighted by molar-refractivity contribution is -0.122. The maximum Gasteiger partial charge on any atom is 0.220 e. The Balaban J connectivity index is 0.00000261. The van der Waals surface area contributed by atoms with Crippen molar-refractivity contribution in [3.8, 4) is 0 Å². The average Bonchev–Trinajstić information content (AvgIpc) is 3.49. The molecule has 1 amide bonds. The first-order valence-electron chi connectivity index (χ1n) is 9.67. The third-order valence-corrected chi connectivity index (χ3v) is 5.07. The SMILES string of the molecule is CCNC(=NCc1cccnc1N1CCC(C(N)=O)CC1)NCC1CC1.I. The maximum atomic E-state index is 11.4. The number of aliphatic imine (C=N–C) groups is 1. The van der Waals surface area contributed by atoms with E-state index in [-0.39, 0.29) is 35.8 Å². The van der Waals surface area contributed by atoms with Crippen LogP contribution in [0.3, 0.4) is 0 Å². The number of halogens is 1. The molecule has 1 aromatic rings. The van der Waals surface area contributed by atoms with Crippen molar-refractivity contribution in [1.82, 2.24) is 15.6 Å². The van der Waals surface area contributed by atoms with Gasteiger partial charge in [0.25, 0.3) is 0 Å². The summed E-state index contributed by atoms with van der Waals surface area (Å²) in [6.45, 7) is 6.11. The second-order valence-electron chi connectivity index (χ2n) is 7.17. The molecule has 7 nitrogen and oxygen atoms in total. The summed E-state index contributed by atoms with van der Waals surface area (Å²) >= 11 is 0. The van der Waals surface area contributed by atoms with Gasteiger partial charge < -0.3 is 21.3 Å². The van der Waals surface area contributed by atoms with E-state index in [2.05, 4.69) is 33.5 Å². The van der Waals surface area contributed by atoms with E-state index >= 15 is 0 Å². The molecule has 8 heteroatoms. The normalized spacial score (nSPS) is 18.0. The highest BCUT2D eigenvalue weighted by molar-refractivity contribution is 14.0. The van der Waals surface area contributed by atoms with Gasteiger partial charge in [-0.1, -0.05) is 6.07 Å². The molecule has 0 unspecified atom stereocenters. The van der Waals surface area contributed by atoms with Gasteiger partial charge in [0.1, 0.15) is 5.82 Å². The molecule has 0 radical (unpaired) electrons. The Morgan fingerprint density at radius 2 is 2.04 bits per heavy atom. The average molecular weight is 486 g/mol. The number of amides is 1. The molecule has 2 fully saturated rings. The first-order chi connectivity index (χ1) is 12.7. The number of primary amides is 1. The number of hydrogen-bond acceptors (Lipinski definition) is 4. The predicted octanol–water partition coefficient (Wildman–Crippen LogP) is 1.87. The van der Waals surface area contributed by atoms with Gasteiger partial charge in [0, 0.05) is 43.9 Å². The topological polar surface area (TPSA) is 95.6 Å². The van der Waals surface area contributed by atoms with Crippen LogP contribution in [-0.2, 0) is 11.3 Å². The highest BCUT2D eigenvalue weighted by Crippen LogP contribution is 2.27. The lowest BCUT2D eigenvalue weighted by Gasteiger charge is -2.32. The lowest BCUT2D eigenvalue weighted by Crippen LogP contribution is -2.39. The third kappa shape index (κ3) is 6.51. The summed E-state index contributed by atoms with van der Waals surface area (Å²) in [5.41, 5.74) is 6.55. The fourth-order valence-electron chi connectivity index (χ4n) is 3.28. The minimum atomic E-state index is -0.187. The summed E-state index contributed by atoms with van der Waals surface area (Å²) in [4.78, 5) is 22.9. The molecule has 1 aliphatic heterocycles. The highest BCUT2D eigenvalue weighted by Gasteiger charge is 2.25. The number of piperidine rings is 1. The number of pyridine rings is 1. The standard InChI is InChI=1S/C19H30N6O.HI/c1-2-21-19(23-12-14-5-6-14)24-13-16-4-3-9-22-18(16)25-10-7-15(8-11-25)17(20)26;/h3-4,9,14-15H,2,5-8,10-13H2,1H3,(H2,20,26)(H2,21,23,24);1H. The number of nitrogens with one attached hydrogen (secondary N) is 2. The number of guanidine groups is 1. The summed E-state index contributed by atoms with van der Waals surface area (Å²) < 4.78 is 0. The van der Waals surface area contributed by atoms with Crippen molar-refractivity contribution in [1.29, 1.82) is 0 Å². The van der Waals surface area contributed by atoms with Crippen LogP contribution in [0.1, 0.15) is 38.2 Å². The lowest BCUT2D eigenvalue weighted by atomic mass is 9.96. The minimum Gasteiger partial charge on any atom is -0.369 e. The quantitative estimate of drug-likeness (QED) is 0.311. The van der Waals surface area contributed by atoms with Gasteiger partial charge >= 0.3 is 0 Å². The molecule has 0 spiro atoms. The second-order valence-corrected chi connectivity index (χ2v) is 7.17. The zero-order valence-corrected chi connectivity index (χ0v) is 18.3. The van der Waals surface area contributed by atoms with Crippen LogP contribution >= 0.6 is 24.0 Å². The van der Waals surface area contributed by atoms with Crippen LogP contribution in [0.5, 0.6) is 0 Å². The van der Waals surface area contributed by atoms with E-state index in [0.29, 0.717) is 6.54 Å². The van der Waals surface area contributed by atoms with Gasteiger partial charge in [-0.05, 0) is 44.6 Å². The molecule has 0 aromatic carbocycles. The molecule has 1 aliphatic carbocycles. The highest BCUT2D eigenvalue weighted by atomic mass is 127. The summed E-state index contributed by atoms with van der Waals surface area (Å²) in [6, 6.07) is 4.03. The van der Waals surface area contributed by atoms with E-state index in [4.69, 9.17) is 10.7 Å². The fraction of sp³-hybridized carbons (Fsp3) is 0.632. The number of carbonyl (C=O) groups is 1. The summed E-state index contributed by atoms with van der Waals surface area (Å²) in [7, 11) is 0. The second kappa shape index (κ2) is 10.7. The van der Waals surface area contributed by atoms with Crippen molar-refractivity contribution in [3.63, 3.8) is 0 Å². The molecule has 1 saturated carbocycles. The van der Waals surface area contributed by atoms with E-state index in [1.807, 2.05) is 12.3 Å². The Morgan fingerprint density at radius 1 is 1.30 bits per heavy atom. The van der Waals surface area contributed by atoms with Crippen molar-refractivity contribution in [3.05, 3.63) is 23.9 Å². The Bertz CT molecular complexity index is 641. The van der Waals surface area contributed by atoms with E-state index in [0.717, 1.165) is 62.3 Å². The molecule has 2 heterocycles.